The van der Waals surface area contributed by atoms with Gasteiger partial charge in [0, 0.05) is 19.0 Å². The number of urea groups is 1. The number of likely N-dealkylation sites (tertiary alicyclic amines) is 1. The van der Waals surface area contributed by atoms with E-state index in [0.29, 0.717) is 37.8 Å². The topological polar surface area (TPSA) is 70.7 Å². The molecule has 3 rings (SSSR count). The summed E-state index contributed by atoms with van der Waals surface area (Å²) in [6.45, 7) is 1.30. The summed E-state index contributed by atoms with van der Waals surface area (Å²) < 4.78 is 18.5. The second-order valence-electron chi connectivity index (χ2n) is 6.98. The van der Waals surface area contributed by atoms with Crippen molar-refractivity contribution in [3.05, 3.63) is 30.1 Å². The minimum Gasteiger partial charge on any atom is -0.487 e. The van der Waals surface area contributed by atoms with Gasteiger partial charge in [-0.1, -0.05) is 19.3 Å². The number of carbonyl (C=O) groups excluding carboxylic acids is 2. The molecule has 0 bridgehead atoms. The highest BCUT2D eigenvalue weighted by molar-refractivity contribution is 5.78. The number of ether oxygens (including phenoxy) is 1. The second-order valence-corrected chi connectivity index (χ2v) is 6.98. The van der Waals surface area contributed by atoms with Crippen LogP contribution < -0.4 is 15.4 Å². The average Bonchev–Trinajstić information content (AvgIpc) is 2.60. The summed E-state index contributed by atoms with van der Waals surface area (Å²) >= 11 is 0. The maximum atomic E-state index is 12.8. The van der Waals surface area contributed by atoms with Gasteiger partial charge in [0.25, 0.3) is 0 Å². The first-order valence-corrected chi connectivity index (χ1v) is 9.34. The molecule has 1 saturated carbocycles. The van der Waals surface area contributed by atoms with Crippen LogP contribution in [0.2, 0.25) is 0 Å². The molecule has 3 amide bonds. The van der Waals surface area contributed by atoms with Gasteiger partial charge < -0.3 is 20.3 Å². The number of halogens is 1. The fraction of sp³-hybridized carbons (Fsp3) is 0.579. The highest BCUT2D eigenvalue weighted by Crippen LogP contribution is 2.19. The van der Waals surface area contributed by atoms with E-state index in [9.17, 15) is 14.0 Å². The van der Waals surface area contributed by atoms with Gasteiger partial charge in [-0.3, -0.25) is 4.79 Å². The minimum absolute atomic E-state index is 0.00155. The van der Waals surface area contributed by atoms with Crippen LogP contribution in [-0.4, -0.2) is 48.6 Å². The third-order valence-corrected chi connectivity index (χ3v) is 4.85. The summed E-state index contributed by atoms with van der Waals surface area (Å²) in [4.78, 5) is 25.6. The van der Waals surface area contributed by atoms with Crippen molar-refractivity contribution in [1.29, 1.82) is 0 Å². The molecule has 0 radical (unpaired) electrons. The number of benzene rings is 1. The van der Waals surface area contributed by atoms with Gasteiger partial charge >= 0.3 is 6.03 Å². The van der Waals surface area contributed by atoms with E-state index in [1.165, 1.54) is 31.4 Å². The molecule has 6 nitrogen and oxygen atoms in total. The van der Waals surface area contributed by atoms with Crippen LogP contribution in [0, 0.1) is 5.82 Å². The number of hydrogen-bond acceptors (Lipinski definition) is 3. The lowest BCUT2D eigenvalue weighted by Gasteiger charge is -2.38. The third-order valence-electron chi connectivity index (χ3n) is 4.85. The molecule has 0 atom stereocenters. The summed E-state index contributed by atoms with van der Waals surface area (Å²) in [5.41, 5.74) is 0. The van der Waals surface area contributed by atoms with E-state index < -0.39 is 0 Å². The van der Waals surface area contributed by atoms with E-state index >= 15 is 0 Å². The summed E-state index contributed by atoms with van der Waals surface area (Å²) in [5.74, 6) is 0.286. The lowest BCUT2D eigenvalue weighted by molar-refractivity contribution is -0.121. The highest BCUT2D eigenvalue weighted by atomic mass is 19.1. The largest absolute Gasteiger partial charge is 0.487 e. The third kappa shape index (κ3) is 5.34. The summed E-state index contributed by atoms with van der Waals surface area (Å²) in [6, 6.07) is 5.95. The molecule has 0 unspecified atom stereocenters. The van der Waals surface area contributed by atoms with Gasteiger partial charge in [0.15, 0.2) is 0 Å². The number of carbonyl (C=O) groups is 2. The molecule has 1 heterocycles. The van der Waals surface area contributed by atoms with Crippen LogP contribution >= 0.6 is 0 Å². The zero-order chi connectivity index (χ0) is 18.4. The van der Waals surface area contributed by atoms with Gasteiger partial charge in [-0.05, 0) is 37.1 Å². The van der Waals surface area contributed by atoms with E-state index in [-0.39, 0.29) is 23.9 Å². The first-order valence-electron chi connectivity index (χ1n) is 9.34. The zero-order valence-corrected chi connectivity index (χ0v) is 14.9. The Bertz CT molecular complexity index is 611. The Balaban J connectivity index is 1.27. The van der Waals surface area contributed by atoms with Crippen molar-refractivity contribution in [2.24, 2.45) is 0 Å². The maximum Gasteiger partial charge on any atom is 0.317 e. The van der Waals surface area contributed by atoms with Gasteiger partial charge in [0.05, 0.1) is 13.1 Å². The van der Waals surface area contributed by atoms with Crippen LogP contribution in [0.4, 0.5) is 9.18 Å². The number of hydrogen-bond donors (Lipinski definition) is 2. The van der Waals surface area contributed by atoms with Crippen molar-refractivity contribution < 1.29 is 18.7 Å². The molecule has 0 aromatic heterocycles. The average molecular weight is 363 g/mol. The summed E-state index contributed by atoms with van der Waals surface area (Å²) in [5, 5.41) is 5.80. The molecule has 2 N–H and O–H groups in total. The summed E-state index contributed by atoms with van der Waals surface area (Å²) in [6.07, 6.45) is 5.94. The van der Waals surface area contributed by atoms with Crippen molar-refractivity contribution in [1.82, 2.24) is 15.5 Å². The van der Waals surface area contributed by atoms with Gasteiger partial charge in [-0.15, -0.1) is 0 Å². The Morgan fingerprint density at radius 1 is 1.12 bits per heavy atom. The molecule has 1 saturated heterocycles. The second kappa shape index (κ2) is 8.87. The van der Waals surface area contributed by atoms with E-state index in [2.05, 4.69) is 10.6 Å². The van der Waals surface area contributed by atoms with Crippen molar-refractivity contribution >= 4 is 11.9 Å². The fourth-order valence-corrected chi connectivity index (χ4v) is 3.33. The molecule has 142 valence electrons. The molecule has 26 heavy (non-hydrogen) atoms. The van der Waals surface area contributed by atoms with Crippen molar-refractivity contribution in [2.75, 3.05) is 19.6 Å². The number of nitrogens with one attached hydrogen (secondary N) is 2. The Morgan fingerprint density at radius 3 is 2.50 bits per heavy atom. The maximum absolute atomic E-state index is 12.8. The molecule has 0 spiro atoms. The van der Waals surface area contributed by atoms with Crippen LogP contribution in [0.3, 0.4) is 0 Å². The lowest BCUT2D eigenvalue weighted by atomic mass is 9.95. The summed E-state index contributed by atoms with van der Waals surface area (Å²) in [7, 11) is 0. The number of rotatable bonds is 6. The molecule has 1 aromatic rings. The standard InChI is InChI=1S/C19H26FN3O3/c20-14-6-8-16(9-7-14)26-17-12-23(13-17)19(25)21-11-10-18(24)22-15-4-2-1-3-5-15/h6-9,15,17H,1-5,10-13H2,(H,21,25)(H,22,24). The normalized spacial score (nSPS) is 18.1. The van der Waals surface area contributed by atoms with Crippen LogP contribution in [0.5, 0.6) is 5.75 Å². The molecule has 7 heteroatoms. The van der Waals surface area contributed by atoms with Gasteiger partial charge in [-0.25, -0.2) is 9.18 Å². The predicted molar refractivity (Wildman–Crippen MR) is 95.4 cm³/mol. The van der Waals surface area contributed by atoms with Crippen molar-refractivity contribution in [3.8, 4) is 5.75 Å². The van der Waals surface area contributed by atoms with Gasteiger partial charge in [0.2, 0.25) is 5.91 Å². The predicted octanol–water partition coefficient (Wildman–Crippen LogP) is 2.44. The van der Waals surface area contributed by atoms with Crippen LogP contribution in [0.15, 0.2) is 24.3 Å². The van der Waals surface area contributed by atoms with Gasteiger partial charge in [-0.2, -0.15) is 0 Å². The minimum atomic E-state index is -0.306. The SMILES string of the molecule is O=C(CCNC(=O)N1CC(Oc2ccc(F)cc2)C1)NC1CCCCC1. The molecule has 1 aliphatic heterocycles. The van der Waals surface area contributed by atoms with Gasteiger partial charge in [0.1, 0.15) is 17.7 Å². The van der Waals surface area contributed by atoms with Crippen LogP contribution in [0.1, 0.15) is 38.5 Å². The van der Waals surface area contributed by atoms with E-state index in [0.717, 1.165) is 12.8 Å². The smallest absolute Gasteiger partial charge is 0.317 e. The van der Waals surface area contributed by atoms with E-state index in [4.69, 9.17) is 4.74 Å². The molecule has 1 aliphatic carbocycles. The molecule has 1 aromatic carbocycles. The molecule has 2 fully saturated rings. The molecular weight excluding hydrogens is 337 g/mol. The Labute approximate surface area is 153 Å². The van der Waals surface area contributed by atoms with Crippen LogP contribution in [0.25, 0.3) is 0 Å². The number of nitrogens with zero attached hydrogens (tertiary/aromatic N) is 1. The fourth-order valence-electron chi connectivity index (χ4n) is 3.33. The monoisotopic (exact) mass is 363 g/mol. The van der Waals surface area contributed by atoms with Crippen molar-refractivity contribution in [2.45, 2.75) is 50.7 Å². The van der Waals surface area contributed by atoms with E-state index in [1.807, 2.05) is 0 Å². The lowest BCUT2D eigenvalue weighted by Crippen LogP contribution is -2.59. The quantitative estimate of drug-likeness (QED) is 0.816. The number of amides is 3. The Kier molecular flexibility index (Phi) is 6.30. The van der Waals surface area contributed by atoms with Crippen LogP contribution in [-0.2, 0) is 4.79 Å². The Morgan fingerprint density at radius 2 is 1.81 bits per heavy atom. The molecular formula is C19H26FN3O3. The molecule has 2 aliphatic rings. The van der Waals surface area contributed by atoms with E-state index in [1.54, 1.807) is 17.0 Å². The van der Waals surface area contributed by atoms with Crippen molar-refractivity contribution in [3.63, 3.8) is 0 Å². The Hall–Kier alpha value is -2.31. The first kappa shape index (κ1) is 18.5. The highest BCUT2D eigenvalue weighted by Gasteiger charge is 2.32. The first-order chi connectivity index (χ1) is 12.6. The zero-order valence-electron chi connectivity index (χ0n) is 14.9.